The fourth-order valence-electron chi connectivity index (χ4n) is 3.73. The van der Waals surface area contributed by atoms with Gasteiger partial charge in [-0.2, -0.15) is 0 Å². The number of rotatable bonds is 4. The Bertz CT molecular complexity index is 273. The molecule has 20 heavy (non-hydrogen) atoms. The SMILES string of the molecule is CN1CCC(CN2CCN(CN3CC[OH+]CC3)CC2)C1. The van der Waals surface area contributed by atoms with E-state index in [2.05, 4.69) is 31.4 Å². The molecule has 0 aromatic heterocycles. The van der Waals surface area contributed by atoms with Crippen LogP contribution in [0.25, 0.3) is 0 Å². The summed E-state index contributed by atoms with van der Waals surface area (Å²) in [4.78, 5) is 10.4. The molecular weight excluding hydrogens is 252 g/mol. The molecule has 3 saturated heterocycles. The number of nitrogens with zero attached hydrogens (tertiary/aromatic N) is 4. The Morgan fingerprint density at radius 1 is 0.850 bits per heavy atom. The lowest BCUT2D eigenvalue weighted by atomic mass is 10.1. The molecule has 5 heteroatoms. The van der Waals surface area contributed by atoms with Gasteiger partial charge in [0.1, 0.15) is 0 Å². The summed E-state index contributed by atoms with van der Waals surface area (Å²) in [5, 5.41) is 0. The van der Waals surface area contributed by atoms with Gasteiger partial charge in [0, 0.05) is 39.3 Å². The van der Waals surface area contributed by atoms with Gasteiger partial charge in [0.25, 0.3) is 0 Å². The average Bonchev–Trinajstić information content (AvgIpc) is 2.88. The van der Waals surface area contributed by atoms with Gasteiger partial charge in [-0.25, -0.2) is 0 Å². The smallest absolute Gasteiger partial charge is 0.157 e. The molecule has 3 fully saturated rings. The van der Waals surface area contributed by atoms with Gasteiger partial charge in [-0.1, -0.05) is 0 Å². The monoisotopic (exact) mass is 283 g/mol. The highest BCUT2D eigenvalue weighted by Gasteiger charge is 2.25. The molecule has 5 nitrogen and oxygen atoms in total. The lowest BCUT2D eigenvalue weighted by molar-refractivity contribution is -0.101. The summed E-state index contributed by atoms with van der Waals surface area (Å²) in [6.07, 6.45) is 1.40. The van der Waals surface area contributed by atoms with Gasteiger partial charge in [0.2, 0.25) is 0 Å². The molecule has 0 radical (unpaired) electrons. The Labute approximate surface area is 123 Å². The maximum absolute atomic E-state index is 4.42. The molecule has 0 aromatic rings. The largest absolute Gasteiger partial charge is 0.432 e. The second kappa shape index (κ2) is 7.18. The van der Waals surface area contributed by atoms with Crippen LogP contribution in [0, 0.1) is 5.92 Å². The highest BCUT2D eigenvalue weighted by atomic mass is 16.5. The number of hydrogen-bond acceptors (Lipinski definition) is 4. The first-order chi connectivity index (χ1) is 9.79. The van der Waals surface area contributed by atoms with E-state index in [-0.39, 0.29) is 0 Å². The van der Waals surface area contributed by atoms with Crippen molar-refractivity contribution in [1.82, 2.24) is 19.6 Å². The van der Waals surface area contributed by atoms with E-state index in [0.29, 0.717) is 0 Å². The Morgan fingerprint density at radius 2 is 1.50 bits per heavy atom. The van der Waals surface area contributed by atoms with E-state index < -0.39 is 0 Å². The number of piperazine rings is 1. The van der Waals surface area contributed by atoms with Gasteiger partial charge in [0.15, 0.2) is 13.2 Å². The zero-order chi connectivity index (χ0) is 13.8. The molecule has 116 valence electrons. The number of hydrogen-bond donors (Lipinski definition) is 0. The van der Waals surface area contributed by atoms with Crippen LogP contribution < -0.4 is 0 Å². The summed E-state index contributed by atoms with van der Waals surface area (Å²) in [5.41, 5.74) is 0. The van der Waals surface area contributed by atoms with Crippen LogP contribution in [0.15, 0.2) is 0 Å². The van der Waals surface area contributed by atoms with E-state index in [4.69, 9.17) is 0 Å². The Morgan fingerprint density at radius 3 is 2.15 bits per heavy atom. The highest BCUT2D eigenvalue weighted by Crippen LogP contribution is 2.16. The van der Waals surface area contributed by atoms with Crippen molar-refractivity contribution in [3.8, 4) is 0 Å². The molecule has 1 N–H and O–H groups in total. The molecular formula is C15H31N4O+. The molecule has 1 unspecified atom stereocenters. The highest BCUT2D eigenvalue weighted by molar-refractivity contribution is 4.79. The molecule has 1 atom stereocenters. The summed E-state index contributed by atoms with van der Waals surface area (Å²) in [6.45, 7) is 14.5. The van der Waals surface area contributed by atoms with Crippen molar-refractivity contribution < 1.29 is 4.74 Å². The average molecular weight is 283 g/mol. The van der Waals surface area contributed by atoms with Crippen LogP contribution in [-0.2, 0) is 0 Å². The van der Waals surface area contributed by atoms with Crippen LogP contribution in [0.4, 0.5) is 0 Å². The summed E-state index contributed by atoms with van der Waals surface area (Å²) >= 11 is 0. The van der Waals surface area contributed by atoms with Gasteiger partial charge in [-0.05, 0) is 25.9 Å². The standard InChI is InChI=1S/C15H30N4O/c1-16-3-2-15(12-16)13-17-4-6-18(7-5-17)14-19-8-10-20-11-9-19/h15H,2-14H2,1H3/p+1. The predicted molar refractivity (Wildman–Crippen MR) is 82.0 cm³/mol. The van der Waals surface area contributed by atoms with Crippen molar-refractivity contribution in [3.63, 3.8) is 0 Å². The maximum Gasteiger partial charge on any atom is 0.157 e. The van der Waals surface area contributed by atoms with Crippen molar-refractivity contribution in [1.29, 1.82) is 0 Å². The summed E-state index contributed by atoms with van der Waals surface area (Å²) in [7, 11) is 2.25. The molecule has 3 heterocycles. The Hall–Kier alpha value is -0.200. The van der Waals surface area contributed by atoms with E-state index >= 15 is 0 Å². The summed E-state index contributed by atoms with van der Waals surface area (Å²) in [5.74, 6) is 0.912. The third-order valence-electron chi connectivity index (χ3n) is 5.02. The van der Waals surface area contributed by atoms with E-state index in [1.165, 1.54) is 52.2 Å². The molecule has 0 saturated carbocycles. The zero-order valence-corrected chi connectivity index (χ0v) is 13.0. The first-order valence-electron chi connectivity index (χ1n) is 8.28. The van der Waals surface area contributed by atoms with E-state index in [1.54, 1.807) is 0 Å². The predicted octanol–water partition coefficient (Wildman–Crippen LogP) is -0.643. The second-order valence-corrected chi connectivity index (χ2v) is 6.77. The fourth-order valence-corrected chi connectivity index (χ4v) is 3.73. The zero-order valence-electron chi connectivity index (χ0n) is 13.0. The number of aliphatic hydroxyl groups is 2. The molecule has 3 aliphatic rings. The lowest BCUT2D eigenvalue weighted by Gasteiger charge is -2.38. The van der Waals surface area contributed by atoms with Crippen LogP contribution in [0.2, 0.25) is 0 Å². The first-order valence-corrected chi connectivity index (χ1v) is 8.28. The van der Waals surface area contributed by atoms with Gasteiger partial charge < -0.3 is 14.5 Å². The van der Waals surface area contributed by atoms with Crippen LogP contribution >= 0.6 is 0 Å². The maximum atomic E-state index is 4.42. The van der Waals surface area contributed by atoms with Crippen molar-refractivity contribution in [2.45, 2.75) is 6.42 Å². The van der Waals surface area contributed by atoms with Gasteiger partial charge in [-0.15, -0.1) is 0 Å². The quantitative estimate of drug-likeness (QED) is 0.641. The molecule has 3 aliphatic heterocycles. The molecule has 0 amide bonds. The van der Waals surface area contributed by atoms with Crippen LogP contribution in [0.1, 0.15) is 6.42 Å². The summed E-state index contributed by atoms with van der Waals surface area (Å²) < 4.78 is 4.42. The topological polar surface area (TPSA) is 25.8 Å². The van der Waals surface area contributed by atoms with E-state index in [1.807, 2.05) is 0 Å². The minimum Gasteiger partial charge on any atom is -0.432 e. The van der Waals surface area contributed by atoms with Crippen molar-refractivity contribution in [3.05, 3.63) is 0 Å². The van der Waals surface area contributed by atoms with Crippen LogP contribution in [0.3, 0.4) is 0 Å². The Balaban J connectivity index is 1.34. The van der Waals surface area contributed by atoms with Gasteiger partial charge in [-0.3, -0.25) is 9.80 Å². The third-order valence-corrected chi connectivity index (χ3v) is 5.02. The molecule has 0 aliphatic carbocycles. The molecule has 3 rings (SSSR count). The number of likely N-dealkylation sites (tertiary alicyclic amines) is 1. The van der Waals surface area contributed by atoms with Crippen LogP contribution in [0.5, 0.6) is 0 Å². The molecule has 0 aromatic carbocycles. The van der Waals surface area contributed by atoms with Crippen molar-refractivity contribution >= 4 is 0 Å². The molecule has 0 spiro atoms. The third kappa shape index (κ3) is 4.15. The first kappa shape index (κ1) is 14.7. The number of ether oxygens (including phenoxy) is 1. The van der Waals surface area contributed by atoms with E-state index in [9.17, 15) is 0 Å². The second-order valence-electron chi connectivity index (χ2n) is 6.77. The molecule has 0 bridgehead atoms. The number of morpholine rings is 1. The Kier molecular flexibility index (Phi) is 5.29. The van der Waals surface area contributed by atoms with Gasteiger partial charge in [0.05, 0.1) is 19.8 Å². The minimum absolute atomic E-state index is 0.912. The van der Waals surface area contributed by atoms with Crippen molar-refractivity contribution in [2.24, 2.45) is 5.92 Å². The minimum atomic E-state index is 0.912. The van der Waals surface area contributed by atoms with E-state index in [0.717, 1.165) is 38.9 Å². The van der Waals surface area contributed by atoms with Crippen LogP contribution in [-0.4, -0.2) is 110 Å². The summed E-state index contributed by atoms with van der Waals surface area (Å²) in [6, 6.07) is 0. The fraction of sp³-hybridized carbons (Fsp3) is 1.00. The van der Waals surface area contributed by atoms with Gasteiger partial charge >= 0.3 is 0 Å². The van der Waals surface area contributed by atoms with Crippen molar-refractivity contribution in [2.75, 3.05) is 85.8 Å². The normalized spacial score (nSPS) is 31.9. The lowest BCUT2D eigenvalue weighted by Crippen LogP contribution is -2.52.